The third-order valence-corrected chi connectivity index (χ3v) is 5.80. The molecule has 2 heterocycles. The molecule has 11 heteroatoms. The van der Waals surface area contributed by atoms with Gasteiger partial charge in [0.25, 0.3) is 5.56 Å². The van der Waals surface area contributed by atoms with E-state index in [4.69, 9.17) is 21.1 Å². The minimum atomic E-state index is -0.308. The van der Waals surface area contributed by atoms with E-state index < -0.39 is 0 Å². The van der Waals surface area contributed by atoms with Crippen LogP contribution in [-0.2, 0) is 4.79 Å². The number of carbonyl (C=O) groups excluding carboxylic acids is 1. The third-order valence-electron chi connectivity index (χ3n) is 4.63. The van der Waals surface area contributed by atoms with E-state index in [0.29, 0.717) is 50.7 Å². The van der Waals surface area contributed by atoms with Gasteiger partial charge in [-0.25, -0.2) is 4.98 Å². The lowest BCUT2D eigenvalue weighted by Crippen LogP contribution is -2.22. The molecule has 0 bridgehead atoms. The molecule has 9 nitrogen and oxygen atoms in total. The van der Waals surface area contributed by atoms with Crippen LogP contribution in [0.4, 0.5) is 5.69 Å². The summed E-state index contributed by atoms with van der Waals surface area (Å²) in [6.07, 6.45) is 1.43. The second-order valence-electron chi connectivity index (χ2n) is 6.78. The highest BCUT2D eigenvalue weighted by Crippen LogP contribution is 2.28. The molecule has 4 aromatic rings. The highest BCUT2D eigenvalue weighted by Gasteiger charge is 2.17. The first kappa shape index (κ1) is 22.7. The molecule has 0 unspecified atom stereocenters. The van der Waals surface area contributed by atoms with Crippen LogP contribution in [0.25, 0.3) is 16.7 Å². The van der Waals surface area contributed by atoms with Gasteiger partial charge in [0.1, 0.15) is 16.9 Å². The Morgan fingerprint density at radius 3 is 2.76 bits per heavy atom. The number of thioether (sulfide) groups is 1. The number of amides is 1. The lowest BCUT2D eigenvalue weighted by molar-refractivity contribution is -0.113. The summed E-state index contributed by atoms with van der Waals surface area (Å²) in [6.45, 7) is 2.43. The number of carbonyl (C=O) groups is 1. The number of nitrogens with zero attached hydrogens (tertiary/aromatic N) is 3. The molecule has 0 aliphatic heterocycles. The van der Waals surface area contributed by atoms with Gasteiger partial charge in [0.15, 0.2) is 10.8 Å². The Kier molecular flexibility index (Phi) is 6.85. The van der Waals surface area contributed by atoms with Crippen molar-refractivity contribution >= 4 is 46.0 Å². The number of benzene rings is 2. The fraction of sp³-hybridized carbons (Fsp3) is 0.182. The van der Waals surface area contributed by atoms with Gasteiger partial charge >= 0.3 is 0 Å². The van der Waals surface area contributed by atoms with Crippen LogP contribution >= 0.6 is 23.4 Å². The molecule has 4 rings (SSSR count). The third kappa shape index (κ3) is 4.96. The summed E-state index contributed by atoms with van der Waals surface area (Å²) >= 11 is 7.15. The molecule has 0 fully saturated rings. The number of halogens is 1. The maximum absolute atomic E-state index is 13.2. The zero-order chi connectivity index (χ0) is 23.4. The maximum atomic E-state index is 13.2. The summed E-state index contributed by atoms with van der Waals surface area (Å²) in [5.74, 6) is 0.869. The van der Waals surface area contributed by atoms with E-state index in [-0.39, 0.29) is 17.2 Å². The Morgan fingerprint density at radius 1 is 1.24 bits per heavy atom. The zero-order valence-electron chi connectivity index (χ0n) is 17.8. The van der Waals surface area contributed by atoms with Crippen molar-refractivity contribution in [2.24, 2.45) is 0 Å². The SMILES string of the molecule is CCOc1ccc(-n2c(SCC(=O)Nc3cc(Cl)ccc3OC)nc3[nH]ncc3c2=O)cc1. The smallest absolute Gasteiger partial charge is 0.269 e. The molecule has 0 aliphatic carbocycles. The Morgan fingerprint density at radius 2 is 2.03 bits per heavy atom. The van der Waals surface area contributed by atoms with Crippen molar-refractivity contribution in [2.45, 2.75) is 12.1 Å². The molecule has 0 atom stereocenters. The fourth-order valence-corrected chi connectivity index (χ4v) is 4.13. The monoisotopic (exact) mass is 485 g/mol. The van der Waals surface area contributed by atoms with Gasteiger partial charge in [0, 0.05) is 5.02 Å². The molecule has 0 spiro atoms. The minimum absolute atomic E-state index is 0.00121. The van der Waals surface area contributed by atoms with Gasteiger partial charge in [-0.15, -0.1) is 0 Å². The summed E-state index contributed by atoms with van der Waals surface area (Å²) in [5, 5.41) is 10.6. The average molecular weight is 486 g/mol. The van der Waals surface area contributed by atoms with Crippen molar-refractivity contribution in [1.82, 2.24) is 19.7 Å². The van der Waals surface area contributed by atoms with Crippen molar-refractivity contribution in [3.63, 3.8) is 0 Å². The molecule has 2 aromatic heterocycles. The van der Waals surface area contributed by atoms with Gasteiger partial charge in [0.2, 0.25) is 5.91 Å². The van der Waals surface area contributed by atoms with Crippen LogP contribution in [0, 0.1) is 0 Å². The van der Waals surface area contributed by atoms with Gasteiger partial charge in [0.05, 0.1) is 37.0 Å². The van der Waals surface area contributed by atoms with Gasteiger partial charge in [-0.05, 0) is 49.4 Å². The maximum Gasteiger partial charge on any atom is 0.269 e. The van der Waals surface area contributed by atoms with Crippen LogP contribution in [0.3, 0.4) is 0 Å². The van der Waals surface area contributed by atoms with Crippen LogP contribution in [0.15, 0.2) is 58.6 Å². The normalized spacial score (nSPS) is 10.9. The van der Waals surface area contributed by atoms with Crippen LogP contribution in [0.1, 0.15) is 6.92 Å². The van der Waals surface area contributed by atoms with E-state index in [1.54, 1.807) is 42.5 Å². The standard InChI is InChI=1S/C22H20ClN5O4S/c1-3-32-15-7-5-14(6-8-15)28-21(30)16-11-24-27-20(16)26-22(28)33-12-19(29)25-17-10-13(23)4-9-18(17)31-2/h4-11H,3,12H2,1-2H3,(H,24,27)(H,25,29). The second kappa shape index (κ2) is 9.97. The average Bonchev–Trinajstić information content (AvgIpc) is 3.28. The predicted octanol–water partition coefficient (Wildman–Crippen LogP) is 3.90. The molecule has 0 aliphatic rings. The summed E-state index contributed by atoms with van der Waals surface area (Å²) in [5.41, 5.74) is 1.11. The van der Waals surface area contributed by atoms with Crippen molar-refractivity contribution in [1.29, 1.82) is 0 Å². The van der Waals surface area contributed by atoms with Gasteiger partial charge in [-0.2, -0.15) is 5.10 Å². The number of H-pyrrole nitrogens is 1. The van der Waals surface area contributed by atoms with Crippen molar-refractivity contribution < 1.29 is 14.3 Å². The quantitative estimate of drug-likeness (QED) is 0.287. The van der Waals surface area contributed by atoms with Crippen LogP contribution in [-0.4, -0.2) is 45.1 Å². The van der Waals surface area contributed by atoms with Crippen molar-refractivity contribution in [3.05, 3.63) is 64.0 Å². The number of hydrogen-bond donors (Lipinski definition) is 2. The zero-order valence-corrected chi connectivity index (χ0v) is 19.4. The molecule has 33 heavy (non-hydrogen) atoms. The summed E-state index contributed by atoms with van der Waals surface area (Å²) in [6, 6.07) is 12.0. The number of ether oxygens (including phenoxy) is 2. The first-order chi connectivity index (χ1) is 16.0. The number of aromatic nitrogens is 4. The lowest BCUT2D eigenvalue weighted by Gasteiger charge is -2.13. The summed E-state index contributed by atoms with van der Waals surface area (Å²) < 4.78 is 12.2. The van der Waals surface area contributed by atoms with Crippen LogP contribution < -0.4 is 20.3 Å². The van der Waals surface area contributed by atoms with Crippen molar-refractivity contribution in [2.75, 3.05) is 24.8 Å². The number of methoxy groups -OCH3 is 1. The second-order valence-corrected chi connectivity index (χ2v) is 8.15. The molecule has 0 saturated heterocycles. The number of aromatic amines is 1. The molecule has 170 valence electrons. The molecular weight excluding hydrogens is 466 g/mol. The van der Waals surface area contributed by atoms with Crippen LogP contribution in [0.5, 0.6) is 11.5 Å². The van der Waals surface area contributed by atoms with Crippen LogP contribution in [0.2, 0.25) is 5.02 Å². The number of anilines is 1. The molecule has 0 radical (unpaired) electrons. The highest BCUT2D eigenvalue weighted by molar-refractivity contribution is 7.99. The Hall–Kier alpha value is -3.50. The number of rotatable bonds is 8. The molecule has 1 amide bonds. The summed E-state index contributed by atoms with van der Waals surface area (Å²) in [7, 11) is 1.51. The lowest BCUT2D eigenvalue weighted by atomic mass is 10.3. The molecule has 2 aromatic carbocycles. The van der Waals surface area contributed by atoms with Gasteiger partial charge in [-0.1, -0.05) is 23.4 Å². The van der Waals surface area contributed by atoms with Crippen molar-refractivity contribution in [3.8, 4) is 17.2 Å². The van der Waals surface area contributed by atoms with E-state index in [0.717, 1.165) is 11.8 Å². The van der Waals surface area contributed by atoms with Gasteiger partial charge < -0.3 is 14.8 Å². The molecular formula is C22H20ClN5O4S. The van der Waals surface area contributed by atoms with E-state index in [1.807, 2.05) is 6.92 Å². The predicted molar refractivity (Wildman–Crippen MR) is 128 cm³/mol. The summed E-state index contributed by atoms with van der Waals surface area (Å²) in [4.78, 5) is 30.3. The first-order valence-electron chi connectivity index (χ1n) is 9.95. The topological polar surface area (TPSA) is 111 Å². The van der Waals surface area contributed by atoms with E-state index in [1.165, 1.54) is 17.9 Å². The first-order valence-corrected chi connectivity index (χ1v) is 11.3. The van der Waals surface area contributed by atoms with Gasteiger partial charge in [-0.3, -0.25) is 19.3 Å². The van der Waals surface area contributed by atoms with E-state index in [9.17, 15) is 9.59 Å². The van der Waals surface area contributed by atoms with E-state index >= 15 is 0 Å². The highest BCUT2D eigenvalue weighted by atomic mass is 35.5. The number of fused-ring (bicyclic) bond motifs is 1. The largest absolute Gasteiger partial charge is 0.495 e. The number of hydrogen-bond acceptors (Lipinski definition) is 7. The fourth-order valence-electron chi connectivity index (χ4n) is 3.15. The Labute approximate surface area is 198 Å². The Balaban J connectivity index is 1.62. The Bertz CT molecular complexity index is 1350. The molecule has 2 N–H and O–H groups in total. The number of nitrogens with one attached hydrogen (secondary N) is 2. The van der Waals surface area contributed by atoms with E-state index in [2.05, 4.69) is 20.5 Å². The molecule has 0 saturated carbocycles. The minimum Gasteiger partial charge on any atom is -0.495 e.